The Morgan fingerprint density at radius 1 is 1.30 bits per heavy atom. The molecule has 0 bridgehead atoms. The molecule has 3 heterocycles. The van der Waals surface area contributed by atoms with Crippen molar-refractivity contribution in [3.8, 4) is 17.0 Å². The molecule has 2 aromatic heterocycles. The molecule has 0 unspecified atom stereocenters. The maximum Gasteiger partial charge on any atom is 0.347 e. The normalized spacial score (nSPS) is 13.2. The predicted molar refractivity (Wildman–Crippen MR) is 99.3 cm³/mol. The number of H-pyrrole nitrogens is 1. The summed E-state index contributed by atoms with van der Waals surface area (Å²) < 4.78 is 6.58. The fourth-order valence-electron chi connectivity index (χ4n) is 3.75. The molecule has 0 saturated heterocycles. The highest BCUT2D eigenvalue weighted by Crippen LogP contribution is 2.33. The summed E-state index contributed by atoms with van der Waals surface area (Å²) in [5.41, 5.74) is 2.14. The molecule has 2 N–H and O–H groups in total. The minimum Gasteiger partial charge on any atom is -0.506 e. The lowest BCUT2D eigenvalue weighted by Gasteiger charge is -2.13. The predicted octanol–water partition coefficient (Wildman–Crippen LogP) is 2.64. The zero-order valence-electron chi connectivity index (χ0n) is 15.0. The van der Waals surface area contributed by atoms with E-state index in [9.17, 15) is 19.5 Å². The first kappa shape index (κ1) is 17.1. The quantitative estimate of drug-likeness (QED) is 0.694. The summed E-state index contributed by atoms with van der Waals surface area (Å²) >= 11 is 0. The zero-order chi connectivity index (χ0) is 19.3. The van der Waals surface area contributed by atoms with Crippen LogP contribution in [0.5, 0.6) is 5.75 Å². The number of fused-ring (bicyclic) bond motifs is 3. The van der Waals surface area contributed by atoms with Gasteiger partial charge in [-0.05, 0) is 30.2 Å². The van der Waals surface area contributed by atoms with Gasteiger partial charge in [-0.25, -0.2) is 4.79 Å². The van der Waals surface area contributed by atoms with E-state index in [1.165, 1.54) is 0 Å². The maximum absolute atomic E-state index is 12.4. The summed E-state index contributed by atoms with van der Waals surface area (Å²) in [6, 6.07) is 7.45. The second kappa shape index (κ2) is 6.12. The molecule has 7 heteroatoms. The standard InChI is InChI=1S/C20H18N2O5/c1-3-12-17(21-19(25)16(18(12)24)20(26)27-2)10-4-5-13-11(8-10)9-14-15(23)6-7-22(13)14/h4-5,8-9H,3,6-7H2,1-2H3,(H2,21,24,25). The van der Waals surface area contributed by atoms with Crippen molar-refractivity contribution in [3.63, 3.8) is 0 Å². The SMILES string of the molecule is CCc1c(-c2ccc3c(c2)cc2n3CCC2=O)[nH]c(=O)c(C(=O)OC)c1O. The van der Waals surface area contributed by atoms with E-state index in [4.69, 9.17) is 0 Å². The third-order valence-electron chi connectivity index (χ3n) is 5.07. The maximum atomic E-state index is 12.4. The van der Waals surface area contributed by atoms with Gasteiger partial charge in [0.15, 0.2) is 11.3 Å². The molecule has 0 saturated carbocycles. The molecular weight excluding hydrogens is 348 g/mol. The highest BCUT2D eigenvalue weighted by atomic mass is 16.5. The van der Waals surface area contributed by atoms with E-state index in [0.717, 1.165) is 18.0 Å². The van der Waals surface area contributed by atoms with Gasteiger partial charge in [0.25, 0.3) is 5.56 Å². The van der Waals surface area contributed by atoms with E-state index in [2.05, 4.69) is 9.72 Å². The topological polar surface area (TPSA) is 101 Å². The van der Waals surface area contributed by atoms with E-state index >= 15 is 0 Å². The molecule has 0 spiro atoms. The van der Waals surface area contributed by atoms with Gasteiger partial charge in [-0.15, -0.1) is 0 Å². The second-order valence-corrected chi connectivity index (χ2v) is 6.50. The number of methoxy groups -OCH3 is 1. The van der Waals surface area contributed by atoms with Crippen LogP contribution in [0.15, 0.2) is 29.1 Å². The number of aromatic nitrogens is 2. The molecule has 0 aliphatic carbocycles. The number of ether oxygens (including phenoxy) is 1. The van der Waals surface area contributed by atoms with Crippen LogP contribution in [0.3, 0.4) is 0 Å². The first-order chi connectivity index (χ1) is 13.0. The average Bonchev–Trinajstić information content (AvgIpc) is 3.20. The molecule has 0 fully saturated rings. The second-order valence-electron chi connectivity index (χ2n) is 6.50. The number of benzene rings is 1. The van der Waals surface area contributed by atoms with Crippen LogP contribution in [0.25, 0.3) is 22.2 Å². The highest BCUT2D eigenvalue weighted by Gasteiger charge is 2.25. The van der Waals surface area contributed by atoms with Gasteiger partial charge in [0.1, 0.15) is 5.75 Å². The van der Waals surface area contributed by atoms with Crippen LogP contribution in [-0.4, -0.2) is 33.5 Å². The smallest absolute Gasteiger partial charge is 0.347 e. The van der Waals surface area contributed by atoms with Gasteiger partial charge >= 0.3 is 5.97 Å². The number of aromatic hydroxyl groups is 1. The molecule has 1 aromatic carbocycles. The van der Waals surface area contributed by atoms with Crippen LogP contribution in [0.1, 0.15) is 39.8 Å². The third kappa shape index (κ3) is 2.46. The number of rotatable bonds is 3. The Labute approximate surface area is 154 Å². The summed E-state index contributed by atoms with van der Waals surface area (Å²) in [7, 11) is 1.15. The van der Waals surface area contributed by atoms with Crippen molar-refractivity contribution >= 4 is 22.7 Å². The number of esters is 1. The fraction of sp³-hybridized carbons (Fsp3) is 0.250. The molecule has 0 radical (unpaired) electrons. The van der Waals surface area contributed by atoms with E-state index in [-0.39, 0.29) is 11.5 Å². The number of hydrogen-bond acceptors (Lipinski definition) is 5. The Kier molecular flexibility index (Phi) is 3.87. The van der Waals surface area contributed by atoms with Crippen LogP contribution in [-0.2, 0) is 17.7 Å². The summed E-state index contributed by atoms with van der Waals surface area (Å²) in [5.74, 6) is -1.12. The molecule has 27 heavy (non-hydrogen) atoms. The number of aromatic amines is 1. The highest BCUT2D eigenvalue weighted by molar-refractivity contribution is 6.03. The molecule has 0 atom stereocenters. The van der Waals surface area contributed by atoms with Crippen molar-refractivity contribution in [2.24, 2.45) is 0 Å². The summed E-state index contributed by atoms with van der Waals surface area (Å²) in [5, 5.41) is 11.4. The summed E-state index contributed by atoms with van der Waals surface area (Å²) in [4.78, 5) is 38.8. The molecule has 1 aliphatic rings. The summed E-state index contributed by atoms with van der Waals surface area (Å²) in [6.45, 7) is 2.49. The Hall–Kier alpha value is -3.35. The van der Waals surface area contributed by atoms with Crippen molar-refractivity contribution in [2.45, 2.75) is 26.3 Å². The molecule has 3 aromatic rings. The Morgan fingerprint density at radius 3 is 2.78 bits per heavy atom. The van der Waals surface area contributed by atoms with Crippen LogP contribution < -0.4 is 5.56 Å². The molecule has 138 valence electrons. The largest absolute Gasteiger partial charge is 0.506 e. The van der Waals surface area contributed by atoms with Gasteiger partial charge in [-0.1, -0.05) is 13.0 Å². The van der Waals surface area contributed by atoms with Crippen LogP contribution >= 0.6 is 0 Å². The van der Waals surface area contributed by atoms with E-state index in [1.54, 1.807) is 0 Å². The van der Waals surface area contributed by atoms with Gasteiger partial charge in [0, 0.05) is 29.4 Å². The van der Waals surface area contributed by atoms with Crippen molar-refractivity contribution in [2.75, 3.05) is 7.11 Å². The van der Waals surface area contributed by atoms with Gasteiger partial charge in [0.05, 0.1) is 18.5 Å². The molecule has 0 amide bonds. The molecule has 7 nitrogen and oxygen atoms in total. The van der Waals surface area contributed by atoms with Gasteiger partial charge in [0.2, 0.25) is 0 Å². The lowest BCUT2D eigenvalue weighted by Crippen LogP contribution is -2.21. The Morgan fingerprint density at radius 2 is 2.07 bits per heavy atom. The van der Waals surface area contributed by atoms with Gasteiger partial charge in [-0.2, -0.15) is 0 Å². The van der Waals surface area contributed by atoms with E-state index < -0.39 is 17.1 Å². The van der Waals surface area contributed by atoms with Crippen molar-refractivity contribution < 1.29 is 19.4 Å². The zero-order valence-corrected chi connectivity index (χ0v) is 15.0. The number of aryl methyl sites for hydroxylation is 1. The van der Waals surface area contributed by atoms with Crippen molar-refractivity contribution in [1.29, 1.82) is 0 Å². The van der Waals surface area contributed by atoms with Crippen LogP contribution in [0.2, 0.25) is 0 Å². The number of hydrogen-bond donors (Lipinski definition) is 2. The van der Waals surface area contributed by atoms with E-state index in [0.29, 0.717) is 41.9 Å². The fourth-order valence-corrected chi connectivity index (χ4v) is 3.75. The van der Waals surface area contributed by atoms with E-state index in [1.807, 2.05) is 35.8 Å². The molecular formula is C20H18N2O5. The third-order valence-corrected chi connectivity index (χ3v) is 5.07. The van der Waals surface area contributed by atoms with Crippen LogP contribution in [0.4, 0.5) is 0 Å². The minimum atomic E-state index is -0.882. The first-order valence-corrected chi connectivity index (χ1v) is 8.69. The van der Waals surface area contributed by atoms with Gasteiger partial charge < -0.3 is 19.4 Å². The Bertz CT molecular complexity index is 1170. The number of carbonyl (C=O) groups is 2. The number of nitrogens with one attached hydrogen (secondary N) is 1. The minimum absolute atomic E-state index is 0.121. The molecule has 4 rings (SSSR count). The average molecular weight is 366 g/mol. The van der Waals surface area contributed by atoms with Gasteiger partial charge in [-0.3, -0.25) is 9.59 Å². The summed E-state index contributed by atoms with van der Waals surface area (Å²) in [6.07, 6.45) is 0.925. The number of pyridine rings is 1. The number of nitrogens with zero attached hydrogens (tertiary/aromatic N) is 1. The van der Waals surface area contributed by atoms with Crippen LogP contribution in [0, 0.1) is 0 Å². The number of carbonyl (C=O) groups excluding carboxylic acids is 2. The lowest BCUT2D eigenvalue weighted by atomic mass is 9.99. The molecule has 1 aliphatic heterocycles. The number of Topliss-reactive ketones (excluding diaryl/α,β-unsaturated/α-hetero) is 1. The lowest BCUT2D eigenvalue weighted by molar-refractivity contribution is 0.0595. The monoisotopic (exact) mass is 366 g/mol. The van der Waals surface area contributed by atoms with Crippen molar-refractivity contribution in [3.05, 3.63) is 51.4 Å². The Balaban J connectivity index is 1.92. The number of ketones is 1. The first-order valence-electron chi connectivity index (χ1n) is 8.69. The van der Waals surface area contributed by atoms with Crippen molar-refractivity contribution in [1.82, 2.24) is 9.55 Å².